The standard InChI is InChI=1S/C14H15N5O/c1-7-2-4-8(5-3-7)9-6-10(20)17-13-11(9)12(15)18-14(16)19-13/h2-5,9H,6H2,1H3,(H5,15,16,17,18,19,20)/t9-/m0/s1. The number of benzene rings is 1. The number of carbonyl (C=O) groups excluding carboxylic acids is 1. The van der Waals surface area contributed by atoms with Gasteiger partial charge in [0, 0.05) is 17.9 Å². The lowest BCUT2D eigenvalue weighted by molar-refractivity contribution is -0.116. The van der Waals surface area contributed by atoms with Crippen LogP contribution < -0.4 is 16.8 Å². The summed E-state index contributed by atoms with van der Waals surface area (Å²) in [5.41, 5.74) is 14.5. The Hall–Kier alpha value is -2.63. The minimum atomic E-state index is -0.139. The molecule has 2 aromatic rings. The number of hydrogen-bond donors (Lipinski definition) is 3. The number of aryl methyl sites for hydroxylation is 1. The van der Waals surface area contributed by atoms with Gasteiger partial charge in [-0.15, -0.1) is 0 Å². The molecule has 0 bridgehead atoms. The number of nitrogens with two attached hydrogens (primary N) is 2. The van der Waals surface area contributed by atoms with Crippen LogP contribution in [0.2, 0.25) is 0 Å². The smallest absolute Gasteiger partial charge is 0.226 e. The third-order valence-electron chi connectivity index (χ3n) is 3.47. The third kappa shape index (κ3) is 2.05. The van der Waals surface area contributed by atoms with Crippen molar-refractivity contribution < 1.29 is 4.79 Å². The molecule has 102 valence electrons. The largest absolute Gasteiger partial charge is 0.383 e. The molecule has 5 N–H and O–H groups in total. The van der Waals surface area contributed by atoms with Gasteiger partial charge in [0.25, 0.3) is 0 Å². The first-order valence-electron chi connectivity index (χ1n) is 6.34. The first-order chi connectivity index (χ1) is 9.54. The van der Waals surface area contributed by atoms with Crippen LogP contribution in [-0.2, 0) is 4.79 Å². The quantitative estimate of drug-likeness (QED) is 0.725. The topological polar surface area (TPSA) is 107 Å². The Morgan fingerprint density at radius 1 is 1.20 bits per heavy atom. The summed E-state index contributed by atoms with van der Waals surface area (Å²) in [6.07, 6.45) is 0.327. The summed E-state index contributed by atoms with van der Waals surface area (Å²) in [6.45, 7) is 2.02. The molecule has 0 unspecified atom stereocenters. The lowest BCUT2D eigenvalue weighted by atomic mass is 9.86. The van der Waals surface area contributed by atoms with E-state index in [1.807, 2.05) is 31.2 Å². The minimum absolute atomic E-state index is 0.0612. The first-order valence-corrected chi connectivity index (χ1v) is 6.34. The SMILES string of the molecule is Cc1ccc([C@@H]2CC(=O)Nc3nc(N)nc(N)c32)cc1. The van der Waals surface area contributed by atoms with Gasteiger partial charge in [-0.3, -0.25) is 4.79 Å². The molecule has 0 saturated carbocycles. The van der Waals surface area contributed by atoms with E-state index in [1.54, 1.807) is 0 Å². The lowest BCUT2D eigenvalue weighted by Gasteiger charge is -2.26. The summed E-state index contributed by atoms with van der Waals surface area (Å²) in [5.74, 6) is 0.557. The summed E-state index contributed by atoms with van der Waals surface area (Å²) in [5, 5.41) is 2.70. The zero-order valence-corrected chi connectivity index (χ0v) is 11.1. The number of hydrogen-bond acceptors (Lipinski definition) is 5. The zero-order valence-electron chi connectivity index (χ0n) is 11.1. The van der Waals surface area contributed by atoms with Crippen LogP contribution in [0.1, 0.15) is 29.0 Å². The van der Waals surface area contributed by atoms with Gasteiger partial charge in [-0.05, 0) is 12.5 Å². The summed E-state index contributed by atoms with van der Waals surface area (Å²) in [4.78, 5) is 19.9. The number of nitrogens with one attached hydrogen (secondary N) is 1. The third-order valence-corrected chi connectivity index (χ3v) is 3.47. The Morgan fingerprint density at radius 2 is 1.90 bits per heavy atom. The Bertz CT molecular complexity index is 681. The summed E-state index contributed by atoms with van der Waals surface area (Å²) < 4.78 is 0. The molecule has 2 heterocycles. The molecule has 0 aliphatic carbocycles. The summed E-state index contributed by atoms with van der Waals surface area (Å²) in [6, 6.07) is 8.02. The van der Waals surface area contributed by atoms with Crippen LogP contribution in [0.3, 0.4) is 0 Å². The highest BCUT2D eigenvalue weighted by Crippen LogP contribution is 2.39. The van der Waals surface area contributed by atoms with Gasteiger partial charge < -0.3 is 16.8 Å². The maximum Gasteiger partial charge on any atom is 0.226 e. The molecule has 20 heavy (non-hydrogen) atoms. The van der Waals surface area contributed by atoms with Gasteiger partial charge in [0.15, 0.2) is 0 Å². The molecule has 1 aliphatic rings. The van der Waals surface area contributed by atoms with E-state index in [0.717, 1.165) is 16.7 Å². The van der Waals surface area contributed by atoms with E-state index >= 15 is 0 Å². The van der Waals surface area contributed by atoms with Crippen LogP contribution in [-0.4, -0.2) is 15.9 Å². The molecule has 3 rings (SSSR count). The fourth-order valence-electron chi connectivity index (χ4n) is 2.50. The highest BCUT2D eigenvalue weighted by atomic mass is 16.1. The van der Waals surface area contributed by atoms with Gasteiger partial charge >= 0.3 is 0 Å². The second-order valence-corrected chi connectivity index (χ2v) is 4.94. The average Bonchev–Trinajstić information content (AvgIpc) is 2.37. The Morgan fingerprint density at radius 3 is 2.60 bits per heavy atom. The molecule has 0 fully saturated rings. The molecule has 6 heteroatoms. The molecule has 0 saturated heterocycles. The van der Waals surface area contributed by atoms with Crippen molar-refractivity contribution in [2.75, 3.05) is 16.8 Å². The number of carbonyl (C=O) groups is 1. The number of fused-ring (bicyclic) bond motifs is 1. The highest BCUT2D eigenvalue weighted by molar-refractivity contribution is 5.95. The molecular formula is C14H15N5O. The minimum Gasteiger partial charge on any atom is -0.383 e. The Balaban J connectivity index is 2.14. The number of rotatable bonds is 1. The molecule has 0 spiro atoms. The molecular weight excluding hydrogens is 254 g/mol. The average molecular weight is 269 g/mol. The van der Waals surface area contributed by atoms with Crippen molar-refractivity contribution in [3.8, 4) is 0 Å². The normalized spacial score (nSPS) is 17.4. The predicted octanol–water partition coefficient (Wildman–Crippen LogP) is 1.42. The second-order valence-electron chi connectivity index (χ2n) is 4.94. The molecule has 1 atom stereocenters. The predicted molar refractivity (Wildman–Crippen MR) is 77.1 cm³/mol. The molecule has 1 aliphatic heterocycles. The van der Waals surface area contributed by atoms with Crippen LogP contribution >= 0.6 is 0 Å². The zero-order chi connectivity index (χ0) is 14.3. The van der Waals surface area contributed by atoms with Crippen molar-refractivity contribution in [2.45, 2.75) is 19.3 Å². The molecule has 1 amide bonds. The summed E-state index contributed by atoms with van der Waals surface area (Å²) >= 11 is 0. The lowest BCUT2D eigenvalue weighted by Crippen LogP contribution is -2.26. The van der Waals surface area contributed by atoms with Gasteiger partial charge in [0.1, 0.15) is 11.6 Å². The number of amides is 1. The summed E-state index contributed by atoms with van der Waals surface area (Å²) in [7, 11) is 0. The van der Waals surface area contributed by atoms with Crippen molar-refractivity contribution in [1.82, 2.24) is 9.97 Å². The van der Waals surface area contributed by atoms with E-state index in [4.69, 9.17) is 11.5 Å². The van der Waals surface area contributed by atoms with Crippen LogP contribution in [0.4, 0.5) is 17.6 Å². The van der Waals surface area contributed by atoms with E-state index in [1.165, 1.54) is 0 Å². The van der Waals surface area contributed by atoms with E-state index in [-0.39, 0.29) is 17.8 Å². The maximum atomic E-state index is 11.8. The van der Waals surface area contributed by atoms with Crippen LogP contribution in [0, 0.1) is 6.92 Å². The number of aromatic nitrogens is 2. The number of anilines is 3. The highest BCUT2D eigenvalue weighted by Gasteiger charge is 2.30. The van der Waals surface area contributed by atoms with Gasteiger partial charge in [-0.2, -0.15) is 9.97 Å². The van der Waals surface area contributed by atoms with E-state index in [9.17, 15) is 4.79 Å². The van der Waals surface area contributed by atoms with Crippen LogP contribution in [0.15, 0.2) is 24.3 Å². The Labute approximate surface area is 116 Å². The number of nitrogen functional groups attached to an aromatic ring is 2. The van der Waals surface area contributed by atoms with Crippen molar-refractivity contribution >= 4 is 23.5 Å². The van der Waals surface area contributed by atoms with E-state index in [0.29, 0.717) is 18.1 Å². The second kappa shape index (κ2) is 4.48. The van der Waals surface area contributed by atoms with Crippen LogP contribution in [0.5, 0.6) is 0 Å². The van der Waals surface area contributed by atoms with Gasteiger partial charge in [-0.25, -0.2) is 0 Å². The molecule has 1 aromatic heterocycles. The molecule has 1 aromatic carbocycles. The van der Waals surface area contributed by atoms with Gasteiger partial charge in [0.05, 0.1) is 0 Å². The van der Waals surface area contributed by atoms with Crippen molar-refractivity contribution in [3.05, 3.63) is 41.0 Å². The number of nitrogens with zero attached hydrogens (tertiary/aromatic N) is 2. The monoisotopic (exact) mass is 269 g/mol. The fraction of sp³-hybridized carbons (Fsp3) is 0.214. The first kappa shape index (κ1) is 12.4. The van der Waals surface area contributed by atoms with Gasteiger partial charge in [0.2, 0.25) is 11.9 Å². The van der Waals surface area contributed by atoms with Crippen LogP contribution in [0.25, 0.3) is 0 Å². The Kier molecular flexibility index (Phi) is 2.78. The van der Waals surface area contributed by atoms with E-state index in [2.05, 4.69) is 15.3 Å². The fourth-order valence-corrected chi connectivity index (χ4v) is 2.50. The van der Waals surface area contributed by atoms with Crippen molar-refractivity contribution in [2.24, 2.45) is 0 Å². The van der Waals surface area contributed by atoms with Gasteiger partial charge in [-0.1, -0.05) is 29.8 Å². The maximum absolute atomic E-state index is 11.8. The van der Waals surface area contributed by atoms with Crippen molar-refractivity contribution in [1.29, 1.82) is 0 Å². The molecule has 6 nitrogen and oxygen atoms in total. The van der Waals surface area contributed by atoms with Crippen molar-refractivity contribution in [3.63, 3.8) is 0 Å². The van der Waals surface area contributed by atoms with E-state index < -0.39 is 0 Å². The molecule has 0 radical (unpaired) electrons.